The summed E-state index contributed by atoms with van der Waals surface area (Å²) in [5.41, 5.74) is 3.94. The molecule has 3 aromatic carbocycles. The predicted molar refractivity (Wildman–Crippen MR) is 134 cm³/mol. The van der Waals surface area contributed by atoms with Crippen LogP contribution in [-0.2, 0) is 9.59 Å². The molecule has 2 amide bonds. The fraction of sp³-hybridized carbons (Fsp3) is 0.138. The van der Waals surface area contributed by atoms with Gasteiger partial charge in [0.25, 0.3) is 17.5 Å². The Morgan fingerprint density at radius 3 is 1.92 bits per heavy atom. The molecule has 4 aliphatic rings. The Morgan fingerprint density at radius 2 is 1.39 bits per heavy atom. The molecule has 8 nitrogen and oxygen atoms in total. The lowest BCUT2D eigenvalue weighted by molar-refractivity contribution is -0.384. The highest BCUT2D eigenvalue weighted by Gasteiger charge is 2.61. The SMILES string of the molecule is O=C1[C@@H]2C3c4ccccc4C(c4ccccc43)[C@@H]2C(=O)N1/N=C\c1ccc(-c2ccc(F)cc2[N+](=O)[O-])o1. The van der Waals surface area contributed by atoms with Crippen molar-refractivity contribution in [3.8, 4) is 11.3 Å². The molecule has 1 aromatic heterocycles. The Labute approximate surface area is 215 Å². The summed E-state index contributed by atoms with van der Waals surface area (Å²) in [7, 11) is 0. The van der Waals surface area contributed by atoms with Crippen LogP contribution >= 0.6 is 0 Å². The highest BCUT2D eigenvalue weighted by Crippen LogP contribution is 2.60. The molecule has 1 saturated heterocycles. The first-order chi connectivity index (χ1) is 18.4. The van der Waals surface area contributed by atoms with E-state index in [1.165, 1.54) is 24.4 Å². The Balaban J connectivity index is 1.22. The summed E-state index contributed by atoms with van der Waals surface area (Å²) in [5.74, 6) is -2.72. The number of hydrazone groups is 1. The molecule has 3 aliphatic carbocycles. The van der Waals surface area contributed by atoms with Crippen LogP contribution < -0.4 is 0 Å². The molecule has 4 aromatic rings. The number of hydrogen-bond donors (Lipinski definition) is 0. The van der Waals surface area contributed by atoms with Crippen LogP contribution in [0.4, 0.5) is 10.1 Å². The van der Waals surface area contributed by atoms with Gasteiger partial charge in [-0.1, -0.05) is 48.5 Å². The number of carbonyl (C=O) groups is 2. The first kappa shape index (κ1) is 22.3. The minimum absolute atomic E-state index is 0.0995. The van der Waals surface area contributed by atoms with Crippen LogP contribution in [0.25, 0.3) is 11.3 Å². The van der Waals surface area contributed by atoms with Gasteiger partial charge in [0.1, 0.15) is 17.3 Å². The zero-order valence-corrected chi connectivity index (χ0v) is 19.7. The lowest BCUT2D eigenvalue weighted by atomic mass is 9.55. The maximum Gasteiger partial charge on any atom is 0.283 e. The molecular weight excluding hydrogens is 489 g/mol. The van der Waals surface area contributed by atoms with E-state index in [-0.39, 0.29) is 40.7 Å². The molecule has 0 unspecified atom stereocenters. The van der Waals surface area contributed by atoms with E-state index in [9.17, 15) is 24.1 Å². The molecule has 0 radical (unpaired) electrons. The van der Waals surface area contributed by atoms with E-state index < -0.39 is 28.3 Å². The molecular formula is C29H18FN3O5. The van der Waals surface area contributed by atoms with E-state index in [0.717, 1.165) is 39.4 Å². The zero-order chi connectivity index (χ0) is 26.1. The fourth-order valence-electron chi connectivity index (χ4n) is 6.32. The van der Waals surface area contributed by atoms with Gasteiger partial charge in [-0.25, -0.2) is 4.39 Å². The van der Waals surface area contributed by atoms with Crippen molar-refractivity contribution in [3.63, 3.8) is 0 Å². The smallest absolute Gasteiger partial charge is 0.283 e. The van der Waals surface area contributed by atoms with Crippen LogP contribution in [-0.4, -0.2) is 28.0 Å². The molecule has 2 bridgehead atoms. The summed E-state index contributed by atoms with van der Waals surface area (Å²) in [6.45, 7) is 0. The van der Waals surface area contributed by atoms with Crippen molar-refractivity contribution in [2.75, 3.05) is 0 Å². The molecule has 0 saturated carbocycles. The van der Waals surface area contributed by atoms with E-state index >= 15 is 0 Å². The van der Waals surface area contributed by atoms with Crippen molar-refractivity contribution in [2.45, 2.75) is 11.8 Å². The van der Waals surface area contributed by atoms with Gasteiger partial charge in [0, 0.05) is 11.8 Å². The van der Waals surface area contributed by atoms with Crippen LogP contribution in [0.1, 0.15) is 39.8 Å². The Bertz CT molecular complexity index is 1590. The number of imide groups is 1. The van der Waals surface area contributed by atoms with Crippen LogP contribution in [0.5, 0.6) is 0 Å². The highest BCUT2D eigenvalue weighted by atomic mass is 19.1. The van der Waals surface area contributed by atoms with Crippen molar-refractivity contribution in [1.29, 1.82) is 0 Å². The second-order valence-corrected chi connectivity index (χ2v) is 9.62. The van der Waals surface area contributed by atoms with Gasteiger partial charge < -0.3 is 4.42 Å². The van der Waals surface area contributed by atoms with Gasteiger partial charge in [0.15, 0.2) is 0 Å². The Kier molecular flexibility index (Phi) is 4.72. The van der Waals surface area contributed by atoms with Gasteiger partial charge in [-0.05, 0) is 46.5 Å². The van der Waals surface area contributed by atoms with Crippen molar-refractivity contribution in [3.05, 3.63) is 123 Å². The number of benzene rings is 3. The number of amides is 2. The van der Waals surface area contributed by atoms with Crippen LogP contribution in [0.15, 0.2) is 88.4 Å². The molecule has 2 heterocycles. The molecule has 38 heavy (non-hydrogen) atoms. The van der Waals surface area contributed by atoms with Crippen molar-refractivity contribution in [1.82, 2.24) is 5.01 Å². The summed E-state index contributed by atoms with van der Waals surface area (Å²) in [6.07, 6.45) is 1.24. The van der Waals surface area contributed by atoms with E-state index in [1.54, 1.807) is 0 Å². The van der Waals surface area contributed by atoms with Gasteiger partial charge in [0.05, 0.1) is 34.6 Å². The van der Waals surface area contributed by atoms with Gasteiger partial charge in [0.2, 0.25) is 0 Å². The number of furan rings is 1. The molecule has 0 spiro atoms. The van der Waals surface area contributed by atoms with Gasteiger partial charge in [-0.2, -0.15) is 10.1 Å². The minimum atomic E-state index is -0.736. The van der Waals surface area contributed by atoms with Gasteiger partial charge in [-0.3, -0.25) is 19.7 Å². The predicted octanol–water partition coefficient (Wildman–Crippen LogP) is 5.22. The lowest BCUT2D eigenvalue weighted by Crippen LogP contribution is -2.41. The van der Waals surface area contributed by atoms with E-state index in [2.05, 4.69) is 5.10 Å². The zero-order valence-electron chi connectivity index (χ0n) is 19.7. The first-order valence-corrected chi connectivity index (χ1v) is 12.1. The minimum Gasteiger partial charge on any atom is -0.455 e. The average molecular weight is 507 g/mol. The number of hydrogen-bond acceptors (Lipinski definition) is 6. The average Bonchev–Trinajstić information content (AvgIpc) is 3.50. The quantitative estimate of drug-likeness (QED) is 0.163. The number of halogens is 1. The van der Waals surface area contributed by atoms with Crippen LogP contribution in [0, 0.1) is 27.8 Å². The number of nitro benzene ring substituents is 1. The topological polar surface area (TPSA) is 106 Å². The van der Waals surface area contributed by atoms with Crippen molar-refractivity contribution < 1.29 is 23.3 Å². The summed E-state index contributed by atoms with van der Waals surface area (Å²) in [6, 6.07) is 22.1. The number of nitrogens with zero attached hydrogens (tertiary/aromatic N) is 3. The van der Waals surface area contributed by atoms with E-state index in [4.69, 9.17) is 4.42 Å². The van der Waals surface area contributed by atoms with Gasteiger partial charge >= 0.3 is 0 Å². The Hall–Kier alpha value is -4.92. The largest absolute Gasteiger partial charge is 0.455 e. The van der Waals surface area contributed by atoms with E-state index in [0.29, 0.717) is 0 Å². The summed E-state index contributed by atoms with van der Waals surface area (Å²) < 4.78 is 19.2. The van der Waals surface area contributed by atoms with Crippen molar-refractivity contribution in [2.24, 2.45) is 16.9 Å². The summed E-state index contributed by atoms with van der Waals surface area (Å²) >= 11 is 0. The molecule has 2 atom stereocenters. The second kappa shape index (κ2) is 8.04. The second-order valence-electron chi connectivity index (χ2n) is 9.62. The molecule has 1 fully saturated rings. The maximum atomic E-state index is 13.6. The molecule has 0 N–H and O–H groups in total. The van der Waals surface area contributed by atoms with E-state index in [1.807, 2.05) is 48.5 Å². The molecule has 8 rings (SSSR count). The third kappa shape index (κ3) is 3.05. The van der Waals surface area contributed by atoms with Crippen LogP contribution in [0.3, 0.4) is 0 Å². The normalized spacial score (nSPS) is 23.0. The van der Waals surface area contributed by atoms with Gasteiger partial charge in [-0.15, -0.1) is 0 Å². The number of rotatable bonds is 4. The summed E-state index contributed by atoms with van der Waals surface area (Å²) in [5, 5.41) is 16.5. The number of nitro groups is 1. The molecule has 9 heteroatoms. The standard InChI is InChI=1S/C29H18FN3O5/c30-15-9-11-21(22(13-15)33(36)37)23-12-10-16(38-23)14-31-32-28(34)26-24-17-5-1-2-6-18(17)25(27(26)29(32)35)20-8-4-3-7-19(20)24/h1-14,24-27H/b31-14-/t24?,25?,26-,27+. The lowest BCUT2D eigenvalue weighted by Gasteiger charge is -2.45. The third-order valence-electron chi connectivity index (χ3n) is 7.77. The summed E-state index contributed by atoms with van der Waals surface area (Å²) in [4.78, 5) is 37.9. The van der Waals surface area contributed by atoms with Crippen LogP contribution in [0.2, 0.25) is 0 Å². The Morgan fingerprint density at radius 1 is 0.842 bits per heavy atom. The third-order valence-corrected chi connectivity index (χ3v) is 7.77. The number of carbonyl (C=O) groups excluding carboxylic acids is 2. The van der Waals surface area contributed by atoms with Crippen molar-refractivity contribution >= 4 is 23.7 Å². The first-order valence-electron chi connectivity index (χ1n) is 12.1. The monoisotopic (exact) mass is 507 g/mol. The molecule has 1 aliphatic heterocycles. The highest BCUT2D eigenvalue weighted by molar-refractivity contribution is 6.08. The fourth-order valence-corrected chi connectivity index (χ4v) is 6.32. The molecule has 186 valence electrons. The maximum absolute atomic E-state index is 13.6.